The van der Waals surface area contributed by atoms with Gasteiger partial charge < -0.3 is 24.8 Å². The molecule has 0 aliphatic carbocycles. The van der Waals surface area contributed by atoms with Crippen molar-refractivity contribution < 1.29 is 24.2 Å². The first-order valence-corrected chi connectivity index (χ1v) is 5.84. The van der Waals surface area contributed by atoms with Crippen molar-refractivity contribution in [2.45, 2.75) is 26.0 Å². The third kappa shape index (κ3) is 4.63. The molecule has 0 spiro atoms. The Hall–Kier alpha value is -2.02. The molecule has 1 aromatic rings. The Bertz CT molecular complexity index is 443. The highest BCUT2D eigenvalue weighted by molar-refractivity contribution is 5.74. The van der Waals surface area contributed by atoms with Gasteiger partial charge in [0.1, 0.15) is 5.76 Å². The number of carbonyl (C=O) groups is 2. The Kier molecular flexibility index (Phi) is 5.37. The summed E-state index contributed by atoms with van der Waals surface area (Å²) in [7, 11) is 1.62. The number of hydrogen-bond acceptors (Lipinski definition) is 4. The first-order chi connectivity index (χ1) is 8.91. The minimum Gasteiger partial charge on any atom is -0.479 e. The highest BCUT2D eigenvalue weighted by Gasteiger charge is 2.15. The molecule has 0 radical (unpaired) electrons. The second kappa shape index (κ2) is 6.79. The normalized spacial score (nSPS) is 11.9. The maximum absolute atomic E-state index is 11.7. The summed E-state index contributed by atoms with van der Waals surface area (Å²) >= 11 is 0. The van der Waals surface area contributed by atoms with Gasteiger partial charge in [0.25, 0.3) is 0 Å². The Morgan fingerprint density at radius 1 is 1.53 bits per heavy atom. The molecule has 19 heavy (non-hydrogen) atoms. The molecule has 0 fully saturated rings. The molecule has 0 aliphatic heterocycles. The number of nitrogens with one attached hydrogen (secondary N) is 1. The van der Waals surface area contributed by atoms with E-state index in [1.165, 1.54) is 4.90 Å². The van der Waals surface area contributed by atoms with E-state index in [9.17, 15) is 9.59 Å². The molecular weight excluding hydrogens is 252 g/mol. The van der Waals surface area contributed by atoms with Gasteiger partial charge in [0.2, 0.25) is 0 Å². The third-order valence-corrected chi connectivity index (χ3v) is 2.70. The van der Waals surface area contributed by atoms with Crippen molar-refractivity contribution in [3.8, 4) is 0 Å². The van der Waals surface area contributed by atoms with Crippen molar-refractivity contribution in [3.63, 3.8) is 0 Å². The van der Waals surface area contributed by atoms with Crippen LogP contribution in [0.15, 0.2) is 16.7 Å². The van der Waals surface area contributed by atoms with Crippen LogP contribution >= 0.6 is 0 Å². The molecule has 7 heteroatoms. The van der Waals surface area contributed by atoms with E-state index in [-0.39, 0.29) is 19.0 Å². The van der Waals surface area contributed by atoms with E-state index in [1.807, 2.05) is 6.92 Å². The summed E-state index contributed by atoms with van der Waals surface area (Å²) in [5.74, 6) is -0.544. The molecule has 0 saturated carbocycles. The fourth-order valence-corrected chi connectivity index (χ4v) is 1.48. The summed E-state index contributed by atoms with van der Waals surface area (Å²) in [4.78, 5) is 23.5. The standard InChI is InChI=1S/C12H18N2O5/c1-8-9(4-6-19-8)7-14(2)12(18)13-5-3-10(15)11(16)17/h4,6,10,15H,3,5,7H2,1-2H3,(H,13,18)(H,16,17). The highest BCUT2D eigenvalue weighted by Crippen LogP contribution is 2.10. The van der Waals surface area contributed by atoms with E-state index < -0.39 is 12.1 Å². The molecular formula is C12H18N2O5. The average molecular weight is 270 g/mol. The predicted octanol–water partition coefficient (Wildman–Crippen LogP) is 0.565. The molecule has 0 saturated heterocycles. The second-order valence-electron chi connectivity index (χ2n) is 4.23. The summed E-state index contributed by atoms with van der Waals surface area (Å²) in [6.07, 6.45) is 0.0703. The fraction of sp³-hybridized carbons (Fsp3) is 0.500. The molecule has 1 rings (SSSR count). The molecule has 1 heterocycles. The third-order valence-electron chi connectivity index (χ3n) is 2.70. The maximum atomic E-state index is 11.7. The van der Waals surface area contributed by atoms with Crippen LogP contribution in [-0.4, -0.2) is 46.8 Å². The number of rotatable bonds is 6. The van der Waals surface area contributed by atoms with Crippen LogP contribution in [0.1, 0.15) is 17.7 Å². The Morgan fingerprint density at radius 3 is 2.74 bits per heavy atom. The van der Waals surface area contributed by atoms with E-state index in [0.29, 0.717) is 6.54 Å². The first kappa shape index (κ1) is 15.0. The summed E-state index contributed by atoms with van der Waals surface area (Å²) in [5.41, 5.74) is 0.906. The quantitative estimate of drug-likeness (QED) is 0.701. The van der Waals surface area contributed by atoms with Crippen molar-refractivity contribution in [1.29, 1.82) is 0 Å². The smallest absolute Gasteiger partial charge is 0.332 e. The Balaban J connectivity index is 2.33. The second-order valence-corrected chi connectivity index (χ2v) is 4.23. The van der Waals surface area contributed by atoms with Crippen molar-refractivity contribution in [1.82, 2.24) is 10.2 Å². The lowest BCUT2D eigenvalue weighted by molar-refractivity contribution is -0.146. The van der Waals surface area contributed by atoms with Crippen LogP contribution in [0.4, 0.5) is 4.79 Å². The minimum absolute atomic E-state index is 0.0281. The van der Waals surface area contributed by atoms with Crippen molar-refractivity contribution >= 4 is 12.0 Å². The average Bonchev–Trinajstić information content (AvgIpc) is 2.74. The van der Waals surface area contributed by atoms with Crippen molar-refractivity contribution in [2.75, 3.05) is 13.6 Å². The van der Waals surface area contributed by atoms with Crippen LogP contribution in [-0.2, 0) is 11.3 Å². The summed E-state index contributed by atoms with van der Waals surface area (Å²) < 4.78 is 5.13. The minimum atomic E-state index is -1.46. The molecule has 106 valence electrons. The Labute approximate surface area is 110 Å². The van der Waals surface area contributed by atoms with Crippen LogP contribution in [0, 0.1) is 6.92 Å². The number of aliphatic hydroxyl groups excluding tert-OH is 1. The fourth-order valence-electron chi connectivity index (χ4n) is 1.48. The zero-order chi connectivity index (χ0) is 14.4. The number of carboxylic acids is 1. The zero-order valence-corrected chi connectivity index (χ0v) is 10.9. The summed E-state index contributed by atoms with van der Waals surface area (Å²) in [5, 5.41) is 20.1. The highest BCUT2D eigenvalue weighted by atomic mass is 16.4. The SMILES string of the molecule is Cc1occc1CN(C)C(=O)NCCC(O)C(=O)O. The molecule has 0 bridgehead atoms. The molecule has 7 nitrogen and oxygen atoms in total. The van der Waals surface area contributed by atoms with E-state index in [1.54, 1.807) is 19.4 Å². The number of amides is 2. The molecule has 0 aliphatic rings. The van der Waals surface area contributed by atoms with Gasteiger partial charge in [-0.2, -0.15) is 0 Å². The monoisotopic (exact) mass is 270 g/mol. The van der Waals surface area contributed by atoms with E-state index in [4.69, 9.17) is 14.6 Å². The van der Waals surface area contributed by atoms with Gasteiger partial charge in [-0.15, -0.1) is 0 Å². The Morgan fingerprint density at radius 2 is 2.21 bits per heavy atom. The van der Waals surface area contributed by atoms with Gasteiger partial charge in [0.15, 0.2) is 6.10 Å². The number of carbonyl (C=O) groups excluding carboxylic acids is 1. The van der Waals surface area contributed by atoms with Crippen LogP contribution in [0.3, 0.4) is 0 Å². The number of hydrogen-bond donors (Lipinski definition) is 3. The number of carboxylic acid groups (broad SMARTS) is 1. The number of aliphatic carboxylic acids is 1. The van der Waals surface area contributed by atoms with Crippen LogP contribution < -0.4 is 5.32 Å². The zero-order valence-electron chi connectivity index (χ0n) is 10.9. The predicted molar refractivity (Wildman–Crippen MR) is 66.6 cm³/mol. The summed E-state index contributed by atoms with van der Waals surface area (Å²) in [6.45, 7) is 2.31. The number of nitrogens with zero attached hydrogens (tertiary/aromatic N) is 1. The molecule has 1 unspecified atom stereocenters. The molecule has 3 N–H and O–H groups in total. The van der Waals surface area contributed by atoms with Gasteiger partial charge >= 0.3 is 12.0 Å². The summed E-state index contributed by atoms with van der Waals surface area (Å²) in [6, 6.07) is 1.45. The van der Waals surface area contributed by atoms with E-state index >= 15 is 0 Å². The van der Waals surface area contributed by atoms with Gasteiger partial charge in [-0.25, -0.2) is 9.59 Å². The van der Waals surface area contributed by atoms with Gasteiger partial charge in [-0.1, -0.05) is 0 Å². The number of aliphatic hydroxyl groups is 1. The van der Waals surface area contributed by atoms with Crippen molar-refractivity contribution in [3.05, 3.63) is 23.7 Å². The number of urea groups is 1. The molecule has 1 atom stereocenters. The van der Waals surface area contributed by atoms with Crippen LogP contribution in [0.25, 0.3) is 0 Å². The van der Waals surface area contributed by atoms with Crippen LogP contribution in [0.2, 0.25) is 0 Å². The lowest BCUT2D eigenvalue weighted by Gasteiger charge is -2.17. The number of aryl methyl sites for hydroxylation is 1. The maximum Gasteiger partial charge on any atom is 0.332 e. The van der Waals surface area contributed by atoms with Gasteiger partial charge in [0, 0.05) is 25.6 Å². The first-order valence-electron chi connectivity index (χ1n) is 5.84. The van der Waals surface area contributed by atoms with E-state index in [0.717, 1.165) is 11.3 Å². The van der Waals surface area contributed by atoms with Gasteiger partial charge in [0.05, 0.1) is 12.8 Å². The van der Waals surface area contributed by atoms with Gasteiger partial charge in [-0.3, -0.25) is 0 Å². The lowest BCUT2D eigenvalue weighted by Crippen LogP contribution is -2.38. The van der Waals surface area contributed by atoms with Crippen molar-refractivity contribution in [2.24, 2.45) is 0 Å². The largest absolute Gasteiger partial charge is 0.479 e. The number of furan rings is 1. The molecule has 0 aromatic carbocycles. The van der Waals surface area contributed by atoms with Gasteiger partial charge in [-0.05, 0) is 13.0 Å². The van der Waals surface area contributed by atoms with E-state index in [2.05, 4.69) is 5.32 Å². The molecule has 1 aromatic heterocycles. The topological polar surface area (TPSA) is 103 Å². The lowest BCUT2D eigenvalue weighted by atomic mass is 10.2. The van der Waals surface area contributed by atoms with Crippen LogP contribution in [0.5, 0.6) is 0 Å². The molecule has 2 amide bonds.